The molecule has 0 fully saturated rings. The molecule has 5 aromatic rings. The minimum atomic E-state index is -0.371. The van der Waals surface area contributed by atoms with Gasteiger partial charge in [0, 0.05) is 18.0 Å². The van der Waals surface area contributed by atoms with Gasteiger partial charge in [0.05, 0.1) is 11.0 Å². The van der Waals surface area contributed by atoms with Crippen LogP contribution in [-0.2, 0) is 7.05 Å². The van der Waals surface area contributed by atoms with Crippen LogP contribution in [0, 0.1) is 6.92 Å². The number of aromatic amines is 1. The number of carbonyl (C=O) groups is 1. The number of hydrogen-bond donors (Lipinski definition) is 2. The molecule has 5 heteroatoms. The number of nitrogens with zero attached hydrogens (tertiary/aromatic N) is 2. The quantitative estimate of drug-likeness (QED) is 0.456. The lowest BCUT2D eigenvalue weighted by Gasteiger charge is -2.19. The summed E-state index contributed by atoms with van der Waals surface area (Å²) < 4.78 is 2.04. The molecule has 2 N–H and O–H groups in total. The zero-order valence-electron chi connectivity index (χ0n) is 16.9. The number of rotatable bonds is 4. The lowest BCUT2D eigenvalue weighted by Crippen LogP contribution is -2.31. The second kappa shape index (κ2) is 7.19. The number of H-pyrrole nitrogens is 1. The number of carbonyl (C=O) groups excluding carboxylic acids is 1. The predicted octanol–water partition coefficient (Wildman–Crippen LogP) is 4.88. The van der Waals surface area contributed by atoms with Crippen LogP contribution in [0.3, 0.4) is 0 Å². The van der Waals surface area contributed by atoms with Crippen LogP contribution >= 0.6 is 0 Å². The van der Waals surface area contributed by atoms with E-state index < -0.39 is 0 Å². The minimum Gasteiger partial charge on any atom is -0.351 e. The van der Waals surface area contributed by atoms with Gasteiger partial charge in [-0.3, -0.25) is 4.79 Å². The Kier molecular flexibility index (Phi) is 4.36. The summed E-state index contributed by atoms with van der Waals surface area (Å²) in [6.45, 7) is 2.04. The Morgan fingerprint density at radius 3 is 2.57 bits per heavy atom. The van der Waals surface area contributed by atoms with Crippen molar-refractivity contribution in [3.8, 4) is 0 Å². The van der Waals surface area contributed by atoms with E-state index in [1.54, 1.807) is 0 Å². The zero-order chi connectivity index (χ0) is 20.7. The summed E-state index contributed by atoms with van der Waals surface area (Å²) in [6.07, 6.45) is 0. The first kappa shape index (κ1) is 18.2. The monoisotopic (exact) mass is 394 g/mol. The molecule has 0 saturated carbocycles. The van der Waals surface area contributed by atoms with Gasteiger partial charge in [-0.2, -0.15) is 0 Å². The SMILES string of the molecule is Cc1ccc2cc(C(=O)NC(c3ccccc3)c3nc4ccccc4n3C)[nH]c2c1. The van der Waals surface area contributed by atoms with Gasteiger partial charge < -0.3 is 14.9 Å². The highest BCUT2D eigenvalue weighted by Gasteiger charge is 2.23. The molecule has 5 rings (SSSR count). The molecule has 2 aromatic heterocycles. The molecule has 3 aromatic carbocycles. The summed E-state index contributed by atoms with van der Waals surface area (Å²) in [4.78, 5) is 21.3. The van der Waals surface area contributed by atoms with Gasteiger partial charge in [0.2, 0.25) is 0 Å². The Morgan fingerprint density at radius 1 is 1.00 bits per heavy atom. The molecule has 0 saturated heterocycles. The highest BCUT2D eigenvalue weighted by molar-refractivity contribution is 5.98. The van der Waals surface area contributed by atoms with Crippen LogP contribution in [0.25, 0.3) is 21.9 Å². The van der Waals surface area contributed by atoms with E-state index in [-0.39, 0.29) is 11.9 Å². The van der Waals surface area contributed by atoms with Crippen LogP contribution in [0.4, 0.5) is 0 Å². The highest BCUT2D eigenvalue weighted by Crippen LogP contribution is 2.26. The van der Waals surface area contributed by atoms with Crippen molar-refractivity contribution in [2.45, 2.75) is 13.0 Å². The van der Waals surface area contributed by atoms with Gasteiger partial charge in [-0.15, -0.1) is 0 Å². The molecule has 1 unspecified atom stereocenters. The number of fused-ring (bicyclic) bond motifs is 2. The third-order valence-corrected chi connectivity index (χ3v) is 5.51. The standard InChI is InChI=1S/C25H22N4O/c1-16-12-13-18-15-21(26-20(18)14-16)25(30)28-23(17-8-4-3-5-9-17)24-27-19-10-6-7-11-22(19)29(24)2/h3-15,23,26H,1-2H3,(H,28,30). The van der Waals surface area contributed by atoms with Crippen molar-refractivity contribution >= 4 is 27.8 Å². The number of amides is 1. The molecule has 1 atom stereocenters. The third kappa shape index (κ3) is 3.14. The lowest BCUT2D eigenvalue weighted by molar-refractivity contribution is 0.0937. The summed E-state index contributed by atoms with van der Waals surface area (Å²) in [5, 5.41) is 4.21. The van der Waals surface area contributed by atoms with Crippen molar-refractivity contribution in [3.63, 3.8) is 0 Å². The number of nitrogens with one attached hydrogen (secondary N) is 2. The van der Waals surface area contributed by atoms with E-state index in [0.717, 1.165) is 38.9 Å². The molecule has 2 heterocycles. The Labute approximate surface area is 174 Å². The topological polar surface area (TPSA) is 62.7 Å². The maximum atomic E-state index is 13.2. The molecule has 0 bridgehead atoms. The van der Waals surface area contributed by atoms with E-state index in [2.05, 4.69) is 10.3 Å². The molecule has 30 heavy (non-hydrogen) atoms. The fraction of sp³-hybridized carbons (Fsp3) is 0.120. The van der Waals surface area contributed by atoms with E-state index in [0.29, 0.717) is 5.69 Å². The molecule has 0 aliphatic carbocycles. The number of aromatic nitrogens is 3. The summed E-state index contributed by atoms with van der Waals surface area (Å²) >= 11 is 0. The smallest absolute Gasteiger partial charge is 0.268 e. The zero-order valence-corrected chi connectivity index (χ0v) is 16.9. The Morgan fingerprint density at radius 2 is 1.77 bits per heavy atom. The van der Waals surface area contributed by atoms with Gasteiger partial charge in [0.25, 0.3) is 5.91 Å². The van der Waals surface area contributed by atoms with E-state index in [9.17, 15) is 4.79 Å². The van der Waals surface area contributed by atoms with Gasteiger partial charge in [-0.25, -0.2) is 4.98 Å². The molecule has 0 radical (unpaired) electrons. The van der Waals surface area contributed by atoms with Crippen LogP contribution in [0.15, 0.2) is 78.9 Å². The van der Waals surface area contributed by atoms with E-state index in [4.69, 9.17) is 4.98 Å². The number of hydrogen-bond acceptors (Lipinski definition) is 2. The van der Waals surface area contributed by atoms with E-state index >= 15 is 0 Å². The number of para-hydroxylation sites is 2. The Bertz CT molecular complexity index is 1360. The van der Waals surface area contributed by atoms with Gasteiger partial charge in [0.15, 0.2) is 0 Å². The van der Waals surface area contributed by atoms with Gasteiger partial charge in [-0.1, -0.05) is 54.6 Å². The van der Waals surface area contributed by atoms with Crippen LogP contribution < -0.4 is 5.32 Å². The van der Waals surface area contributed by atoms with Gasteiger partial charge >= 0.3 is 0 Å². The summed E-state index contributed by atoms with van der Waals surface area (Å²) in [7, 11) is 1.98. The van der Waals surface area contributed by atoms with Crippen molar-refractivity contribution in [2.24, 2.45) is 7.05 Å². The minimum absolute atomic E-state index is 0.162. The average molecular weight is 394 g/mol. The molecular weight excluding hydrogens is 372 g/mol. The van der Waals surface area contributed by atoms with Crippen molar-refractivity contribution in [1.29, 1.82) is 0 Å². The first-order chi connectivity index (χ1) is 14.6. The van der Waals surface area contributed by atoms with Crippen molar-refractivity contribution in [3.05, 3.63) is 102 Å². The first-order valence-electron chi connectivity index (χ1n) is 9.97. The maximum absolute atomic E-state index is 13.2. The molecule has 5 nitrogen and oxygen atoms in total. The second-order valence-corrected chi connectivity index (χ2v) is 7.61. The van der Waals surface area contributed by atoms with Crippen molar-refractivity contribution in [1.82, 2.24) is 19.9 Å². The van der Waals surface area contributed by atoms with Crippen LogP contribution in [0.1, 0.15) is 33.5 Å². The highest BCUT2D eigenvalue weighted by atomic mass is 16.2. The number of aryl methyl sites for hydroxylation is 2. The summed E-state index contributed by atoms with van der Waals surface area (Å²) in [5.41, 5.74) is 5.57. The molecule has 1 amide bonds. The second-order valence-electron chi connectivity index (χ2n) is 7.61. The first-order valence-corrected chi connectivity index (χ1v) is 9.97. The van der Waals surface area contributed by atoms with E-state index in [1.807, 2.05) is 97.4 Å². The fourth-order valence-corrected chi connectivity index (χ4v) is 3.94. The van der Waals surface area contributed by atoms with Crippen LogP contribution in [-0.4, -0.2) is 20.4 Å². The number of imidazole rings is 1. The molecular formula is C25H22N4O. The van der Waals surface area contributed by atoms with Crippen LogP contribution in [0.2, 0.25) is 0 Å². The lowest BCUT2D eigenvalue weighted by atomic mass is 10.1. The summed E-state index contributed by atoms with van der Waals surface area (Å²) in [6, 6.07) is 25.6. The fourth-order valence-electron chi connectivity index (χ4n) is 3.94. The normalized spacial score (nSPS) is 12.3. The maximum Gasteiger partial charge on any atom is 0.268 e. The van der Waals surface area contributed by atoms with E-state index in [1.165, 1.54) is 0 Å². The largest absolute Gasteiger partial charge is 0.351 e. The molecule has 0 aliphatic rings. The van der Waals surface area contributed by atoms with Gasteiger partial charge in [0.1, 0.15) is 17.6 Å². The average Bonchev–Trinajstić information content (AvgIpc) is 3.34. The van der Waals surface area contributed by atoms with Crippen molar-refractivity contribution in [2.75, 3.05) is 0 Å². The van der Waals surface area contributed by atoms with Crippen LogP contribution in [0.5, 0.6) is 0 Å². The Hall–Kier alpha value is -3.86. The van der Waals surface area contributed by atoms with Gasteiger partial charge in [-0.05, 0) is 42.3 Å². The third-order valence-electron chi connectivity index (χ3n) is 5.51. The predicted molar refractivity (Wildman–Crippen MR) is 120 cm³/mol. The molecule has 0 spiro atoms. The molecule has 0 aliphatic heterocycles. The number of benzene rings is 3. The molecule has 148 valence electrons. The summed E-state index contributed by atoms with van der Waals surface area (Å²) in [5.74, 6) is 0.632. The Balaban J connectivity index is 1.56. The van der Waals surface area contributed by atoms with Crippen molar-refractivity contribution < 1.29 is 4.79 Å².